The zero-order chi connectivity index (χ0) is 14.3. The predicted molar refractivity (Wildman–Crippen MR) is 84.6 cm³/mol. The Morgan fingerprint density at radius 3 is 2.85 bits per heavy atom. The number of aromatic nitrogens is 1. The first-order valence-corrected chi connectivity index (χ1v) is 7.71. The Balaban J connectivity index is 2.13. The highest BCUT2D eigenvalue weighted by Crippen LogP contribution is 2.34. The van der Waals surface area contributed by atoms with Gasteiger partial charge in [-0.1, -0.05) is 0 Å². The predicted octanol–water partition coefficient (Wildman–Crippen LogP) is 3.89. The lowest BCUT2D eigenvalue weighted by atomic mass is 9.93. The van der Waals surface area contributed by atoms with Crippen molar-refractivity contribution in [1.29, 1.82) is 0 Å². The number of aryl methyl sites for hydroxylation is 1. The molecule has 1 aliphatic carbocycles. The molecule has 20 heavy (non-hydrogen) atoms. The molecule has 3 rings (SSSR count). The summed E-state index contributed by atoms with van der Waals surface area (Å²) in [4.78, 5) is 0. The molecule has 3 nitrogen and oxygen atoms in total. The van der Waals surface area contributed by atoms with Crippen LogP contribution in [0.3, 0.4) is 0 Å². The number of halogens is 1. The van der Waals surface area contributed by atoms with Gasteiger partial charge in [0.05, 0.1) is 11.6 Å². The second kappa shape index (κ2) is 5.26. The molecular weight excluding hydrogens is 316 g/mol. The van der Waals surface area contributed by atoms with Crippen molar-refractivity contribution in [3.8, 4) is 11.4 Å². The van der Waals surface area contributed by atoms with Crippen LogP contribution in [-0.2, 0) is 6.42 Å². The molecule has 0 amide bonds. The van der Waals surface area contributed by atoms with Crippen molar-refractivity contribution >= 4 is 15.9 Å². The van der Waals surface area contributed by atoms with Crippen LogP contribution in [0.4, 0.5) is 0 Å². The minimum atomic E-state index is 0.181. The first kappa shape index (κ1) is 13.7. The Bertz CT molecular complexity index is 648. The van der Waals surface area contributed by atoms with E-state index in [0.717, 1.165) is 35.2 Å². The van der Waals surface area contributed by atoms with Gasteiger partial charge in [-0.15, -0.1) is 0 Å². The summed E-state index contributed by atoms with van der Waals surface area (Å²) >= 11 is 3.56. The third-order valence-corrected chi connectivity index (χ3v) is 4.66. The van der Waals surface area contributed by atoms with Gasteiger partial charge < -0.3 is 15.0 Å². The maximum absolute atomic E-state index is 6.24. The molecule has 1 aromatic heterocycles. The third-order valence-electron chi connectivity index (χ3n) is 4.04. The Hall–Kier alpha value is -1.26. The van der Waals surface area contributed by atoms with Crippen molar-refractivity contribution in [2.24, 2.45) is 5.73 Å². The third kappa shape index (κ3) is 2.17. The van der Waals surface area contributed by atoms with Gasteiger partial charge >= 0.3 is 0 Å². The number of hydrogen-bond donors (Lipinski definition) is 1. The Morgan fingerprint density at radius 2 is 2.15 bits per heavy atom. The molecule has 0 saturated heterocycles. The van der Waals surface area contributed by atoms with E-state index >= 15 is 0 Å². The lowest BCUT2D eigenvalue weighted by Crippen LogP contribution is -2.17. The van der Waals surface area contributed by atoms with Gasteiger partial charge in [-0.3, -0.25) is 0 Å². The van der Waals surface area contributed by atoms with E-state index in [-0.39, 0.29) is 6.04 Å². The fraction of sp³-hybridized carbons (Fsp3) is 0.375. The summed E-state index contributed by atoms with van der Waals surface area (Å²) in [7, 11) is 1.68. The van der Waals surface area contributed by atoms with Crippen molar-refractivity contribution in [1.82, 2.24) is 4.57 Å². The summed E-state index contributed by atoms with van der Waals surface area (Å²) < 4.78 is 8.59. The number of hydrogen-bond acceptors (Lipinski definition) is 2. The van der Waals surface area contributed by atoms with Gasteiger partial charge in [0.25, 0.3) is 0 Å². The summed E-state index contributed by atoms with van der Waals surface area (Å²) in [5, 5.41) is 0. The minimum Gasteiger partial charge on any atom is -0.496 e. The molecule has 0 aliphatic heterocycles. The van der Waals surface area contributed by atoms with E-state index in [1.54, 1.807) is 7.11 Å². The van der Waals surface area contributed by atoms with E-state index in [2.05, 4.69) is 45.6 Å². The van der Waals surface area contributed by atoms with Gasteiger partial charge in [-0.05, 0) is 71.9 Å². The fourth-order valence-corrected chi connectivity index (χ4v) is 3.62. The molecule has 1 unspecified atom stereocenters. The second-order valence-corrected chi connectivity index (χ2v) is 6.20. The number of ether oxygens (including phenoxy) is 1. The highest BCUT2D eigenvalue weighted by Gasteiger charge is 2.22. The maximum atomic E-state index is 6.24. The standard InChI is InChI=1S/C16H19BrN2O/c1-10-8-12-14(18)4-3-5-15(12)19(10)11-6-7-16(20-2)13(17)9-11/h6-9,14H,3-5,18H2,1-2H3. The lowest BCUT2D eigenvalue weighted by Gasteiger charge is -2.21. The van der Waals surface area contributed by atoms with Crippen LogP contribution in [0.1, 0.15) is 35.8 Å². The van der Waals surface area contributed by atoms with Crippen LogP contribution in [0.15, 0.2) is 28.7 Å². The Morgan fingerprint density at radius 1 is 1.35 bits per heavy atom. The monoisotopic (exact) mass is 334 g/mol. The van der Waals surface area contributed by atoms with Gasteiger partial charge in [0.2, 0.25) is 0 Å². The maximum Gasteiger partial charge on any atom is 0.133 e. The van der Waals surface area contributed by atoms with Crippen LogP contribution in [0, 0.1) is 6.92 Å². The molecule has 0 spiro atoms. The normalized spacial score (nSPS) is 17.9. The van der Waals surface area contributed by atoms with Crippen LogP contribution >= 0.6 is 15.9 Å². The van der Waals surface area contributed by atoms with E-state index in [9.17, 15) is 0 Å². The number of nitrogens with two attached hydrogens (primary N) is 1. The Labute approximate surface area is 127 Å². The summed E-state index contributed by atoms with van der Waals surface area (Å²) in [5.41, 5.74) is 11.3. The molecule has 1 atom stereocenters. The van der Waals surface area contributed by atoms with E-state index in [1.807, 2.05) is 6.07 Å². The van der Waals surface area contributed by atoms with Crippen molar-refractivity contribution in [3.05, 3.63) is 45.7 Å². The molecular formula is C16H19BrN2O. The van der Waals surface area contributed by atoms with E-state index in [4.69, 9.17) is 10.5 Å². The van der Waals surface area contributed by atoms with Crippen molar-refractivity contribution < 1.29 is 4.74 Å². The van der Waals surface area contributed by atoms with Crippen molar-refractivity contribution in [2.45, 2.75) is 32.2 Å². The number of benzene rings is 1. The summed E-state index contributed by atoms with van der Waals surface area (Å²) in [6.07, 6.45) is 3.35. The molecule has 0 radical (unpaired) electrons. The molecule has 4 heteroatoms. The largest absolute Gasteiger partial charge is 0.496 e. The van der Waals surface area contributed by atoms with Gasteiger partial charge in [-0.25, -0.2) is 0 Å². The zero-order valence-corrected chi connectivity index (χ0v) is 13.4. The highest BCUT2D eigenvalue weighted by molar-refractivity contribution is 9.10. The SMILES string of the molecule is COc1ccc(-n2c(C)cc3c2CCCC3N)cc1Br. The van der Waals surface area contributed by atoms with Crippen LogP contribution in [0.5, 0.6) is 5.75 Å². The first-order chi connectivity index (χ1) is 9.61. The molecule has 2 N–H and O–H groups in total. The highest BCUT2D eigenvalue weighted by atomic mass is 79.9. The molecule has 106 valence electrons. The molecule has 2 aromatic rings. The van der Waals surface area contributed by atoms with Crippen LogP contribution in [0.2, 0.25) is 0 Å². The van der Waals surface area contributed by atoms with Gasteiger partial charge in [0.1, 0.15) is 5.75 Å². The number of fused-ring (bicyclic) bond motifs is 1. The summed E-state index contributed by atoms with van der Waals surface area (Å²) in [6, 6.07) is 8.61. The average molecular weight is 335 g/mol. The zero-order valence-electron chi connectivity index (χ0n) is 11.8. The Kier molecular flexibility index (Phi) is 3.61. The first-order valence-electron chi connectivity index (χ1n) is 6.92. The lowest BCUT2D eigenvalue weighted by molar-refractivity contribution is 0.412. The van der Waals surface area contributed by atoms with Crippen LogP contribution in [0.25, 0.3) is 5.69 Å². The number of nitrogens with zero attached hydrogens (tertiary/aromatic N) is 1. The van der Waals surface area contributed by atoms with E-state index < -0.39 is 0 Å². The quantitative estimate of drug-likeness (QED) is 0.904. The van der Waals surface area contributed by atoms with Crippen molar-refractivity contribution in [3.63, 3.8) is 0 Å². The van der Waals surface area contributed by atoms with Crippen LogP contribution < -0.4 is 10.5 Å². The number of rotatable bonds is 2. The van der Waals surface area contributed by atoms with E-state index in [0.29, 0.717) is 0 Å². The average Bonchev–Trinajstić information content (AvgIpc) is 2.76. The molecule has 1 aromatic carbocycles. The fourth-order valence-electron chi connectivity index (χ4n) is 3.09. The van der Waals surface area contributed by atoms with E-state index in [1.165, 1.54) is 17.0 Å². The molecule has 0 bridgehead atoms. The topological polar surface area (TPSA) is 40.2 Å². The van der Waals surface area contributed by atoms with Gasteiger partial charge in [-0.2, -0.15) is 0 Å². The molecule has 1 heterocycles. The summed E-state index contributed by atoms with van der Waals surface area (Å²) in [6.45, 7) is 2.14. The smallest absolute Gasteiger partial charge is 0.133 e. The van der Waals surface area contributed by atoms with Gasteiger partial charge in [0.15, 0.2) is 0 Å². The van der Waals surface area contributed by atoms with Crippen molar-refractivity contribution in [2.75, 3.05) is 7.11 Å². The second-order valence-electron chi connectivity index (χ2n) is 5.34. The molecule has 1 aliphatic rings. The minimum absolute atomic E-state index is 0.181. The number of methoxy groups -OCH3 is 1. The molecule has 0 fully saturated rings. The summed E-state index contributed by atoms with van der Waals surface area (Å²) in [5.74, 6) is 0.851. The van der Waals surface area contributed by atoms with Gasteiger partial charge in [0, 0.05) is 23.1 Å². The molecule has 0 saturated carbocycles. The van der Waals surface area contributed by atoms with Crippen LogP contribution in [-0.4, -0.2) is 11.7 Å².